The van der Waals surface area contributed by atoms with Crippen LogP contribution in [0.3, 0.4) is 0 Å². The molecule has 0 spiro atoms. The molecule has 0 fully saturated rings. The van der Waals surface area contributed by atoms with Crippen LogP contribution in [0.5, 0.6) is 0 Å². The average Bonchev–Trinajstić information content (AvgIpc) is 1.62. The van der Waals surface area contributed by atoms with Gasteiger partial charge in [0.1, 0.15) is 0 Å². The van der Waals surface area contributed by atoms with Crippen LogP contribution in [-0.2, 0) is 4.79 Å². The van der Waals surface area contributed by atoms with Gasteiger partial charge in [-0.3, -0.25) is 4.79 Å². The Labute approximate surface area is 54.2 Å². The molecule has 0 bridgehead atoms. The molecule has 0 saturated carbocycles. The van der Waals surface area contributed by atoms with E-state index in [1.165, 1.54) is 0 Å². The first-order valence-corrected chi connectivity index (χ1v) is 3.07. The zero-order valence-electron chi connectivity index (χ0n) is 4.25. The van der Waals surface area contributed by atoms with Crippen molar-refractivity contribution in [3.63, 3.8) is 0 Å². The minimum atomic E-state index is -3.18. The van der Waals surface area contributed by atoms with E-state index >= 15 is 0 Å². The van der Waals surface area contributed by atoms with Crippen molar-refractivity contribution in [2.75, 3.05) is 5.33 Å². The molecule has 0 aliphatic rings. The molecule has 4 heteroatoms. The third-order valence-corrected chi connectivity index (χ3v) is 1.12. The lowest BCUT2D eigenvalue weighted by atomic mass is 10.3. The van der Waals surface area contributed by atoms with Crippen LogP contribution in [0.15, 0.2) is 0 Å². The number of carbonyl (C=O) groups is 1. The molecule has 0 aliphatic carbocycles. The van der Waals surface area contributed by atoms with Gasteiger partial charge in [0.2, 0.25) is 5.78 Å². The first kappa shape index (κ1) is 8.01. The zero-order valence-corrected chi connectivity index (χ0v) is 5.84. The molecule has 48 valence electrons. The molecular formula is C4H5BrF2O. The van der Waals surface area contributed by atoms with Gasteiger partial charge in [-0.1, -0.05) is 15.9 Å². The molecule has 0 unspecified atom stereocenters. The van der Waals surface area contributed by atoms with E-state index in [1.54, 1.807) is 0 Å². The summed E-state index contributed by atoms with van der Waals surface area (Å²) in [5, 5.41) is -0.281. The quantitative estimate of drug-likeness (QED) is 0.600. The van der Waals surface area contributed by atoms with Gasteiger partial charge in [0.05, 0.1) is 5.33 Å². The van der Waals surface area contributed by atoms with Crippen molar-refractivity contribution < 1.29 is 13.6 Å². The molecule has 0 radical (unpaired) electrons. The highest BCUT2D eigenvalue weighted by Gasteiger charge is 2.30. The Balaban J connectivity index is 3.82. The Kier molecular flexibility index (Phi) is 2.53. The van der Waals surface area contributed by atoms with Crippen molar-refractivity contribution in [1.82, 2.24) is 0 Å². The largest absolute Gasteiger partial charge is 0.303 e. The predicted octanol–water partition coefficient (Wildman–Crippen LogP) is 1.61. The number of Topliss-reactive ketones (excluding diaryl/α,β-unsaturated/α-hetero) is 1. The second kappa shape index (κ2) is 2.53. The summed E-state index contributed by atoms with van der Waals surface area (Å²) in [5.41, 5.74) is 0. The summed E-state index contributed by atoms with van der Waals surface area (Å²) in [4.78, 5) is 10.0. The maximum Gasteiger partial charge on any atom is 0.303 e. The first-order valence-electron chi connectivity index (χ1n) is 1.95. The van der Waals surface area contributed by atoms with E-state index in [-0.39, 0.29) is 5.33 Å². The van der Waals surface area contributed by atoms with Gasteiger partial charge < -0.3 is 0 Å². The average molecular weight is 187 g/mol. The number of rotatable bonds is 2. The molecule has 0 amide bonds. The summed E-state index contributed by atoms with van der Waals surface area (Å²) < 4.78 is 23.5. The van der Waals surface area contributed by atoms with E-state index in [2.05, 4.69) is 15.9 Å². The van der Waals surface area contributed by atoms with Crippen LogP contribution in [0.25, 0.3) is 0 Å². The fourth-order valence-corrected chi connectivity index (χ4v) is 0.610. The van der Waals surface area contributed by atoms with E-state index in [9.17, 15) is 13.6 Å². The van der Waals surface area contributed by atoms with Crippen molar-refractivity contribution in [1.29, 1.82) is 0 Å². The van der Waals surface area contributed by atoms with Gasteiger partial charge in [-0.05, 0) is 0 Å². The van der Waals surface area contributed by atoms with Gasteiger partial charge in [-0.15, -0.1) is 0 Å². The molecule has 0 aromatic rings. The Morgan fingerprint density at radius 2 is 2.12 bits per heavy atom. The first-order chi connectivity index (χ1) is 3.48. The smallest absolute Gasteiger partial charge is 0.292 e. The molecule has 8 heavy (non-hydrogen) atoms. The number of ketones is 1. The van der Waals surface area contributed by atoms with Crippen molar-refractivity contribution in [2.24, 2.45) is 0 Å². The fourth-order valence-electron chi connectivity index (χ4n) is 0.117. The van der Waals surface area contributed by atoms with Crippen LogP contribution in [0.2, 0.25) is 0 Å². The summed E-state index contributed by atoms with van der Waals surface area (Å²) in [7, 11) is 0. The van der Waals surface area contributed by atoms with Crippen LogP contribution in [0, 0.1) is 0 Å². The molecule has 1 nitrogen and oxygen atoms in total. The minimum Gasteiger partial charge on any atom is -0.292 e. The maximum absolute atomic E-state index is 11.7. The SMILES string of the molecule is CC(F)(F)C(=O)CBr. The Hall–Kier alpha value is 0.01000. The topological polar surface area (TPSA) is 17.1 Å². The lowest BCUT2D eigenvalue weighted by Gasteiger charge is -2.03. The molecule has 0 aromatic heterocycles. The summed E-state index contributed by atoms with van der Waals surface area (Å²) in [6.07, 6.45) is 0. The van der Waals surface area contributed by atoms with Gasteiger partial charge in [0.25, 0.3) is 0 Å². The van der Waals surface area contributed by atoms with Gasteiger partial charge in [0, 0.05) is 6.92 Å². The van der Waals surface area contributed by atoms with E-state index < -0.39 is 11.7 Å². The minimum absolute atomic E-state index is 0.281. The van der Waals surface area contributed by atoms with Crippen molar-refractivity contribution in [3.8, 4) is 0 Å². The summed E-state index contributed by atoms with van der Waals surface area (Å²) in [6, 6.07) is 0. The second-order valence-corrected chi connectivity index (χ2v) is 2.01. The second-order valence-electron chi connectivity index (χ2n) is 1.45. The van der Waals surface area contributed by atoms with Crippen LogP contribution in [-0.4, -0.2) is 17.0 Å². The van der Waals surface area contributed by atoms with E-state index in [0.717, 1.165) is 0 Å². The normalized spacial score (nSPS) is 11.5. The molecule has 0 heterocycles. The summed E-state index contributed by atoms with van der Waals surface area (Å²) >= 11 is 2.62. The third kappa shape index (κ3) is 2.35. The van der Waals surface area contributed by atoms with E-state index in [1.807, 2.05) is 0 Å². The number of hydrogen-bond donors (Lipinski definition) is 0. The predicted molar refractivity (Wildman–Crippen MR) is 29.4 cm³/mol. The molecule has 0 atom stereocenters. The zero-order chi connectivity index (χ0) is 6.78. The Morgan fingerprint density at radius 3 is 2.12 bits per heavy atom. The van der Waals surface area contributed by atoms with Crippen molar-refractivity contribution in [3.05, 3.63) is 0 Å². The lowest BCUT2D eigenvalue weighted by molar-refractivity contribution is -0.137. The number of carbonyl (C=O) groups excluding carboxylic acids is 1. The van der Waals surface area contributed by atoms with Gasteiger partial charge in [-0.2, -0.15) is 8.78 Å². The molecule has 0 aliphatic heterocycles. The number of hydrogen-bond acceptors (Lipinski definition) is 1. The highest BCUT2D eigenvalue weighted by molar-refractivity contribution is 9.09. The highest BCUT2D eigenvalue weighted by Crippen LogP contribution is 2.13. The number of halogens is 3. The Bertz CT molecular complexity index is 96.7. The van der Waals surface area contributed by atoms with Crippen molar-refractivity contribution in [2.45, 2.75) is 12.8 Å². The number of alkyl halides is 3. The van der Waals surface area contributed by atoms with Crippen LogP contribution in [0.4, 0.5) is 8.78 Å². The van der Waals surface area contributed by atoms with Crippen LogP contribution in [0.1, 0.15) is 6.92 Å². The monoisotopic (exact) mass is 186 g/mol. The van der Waals surface area contributed by atoms with Gasteiger partial charge in [0.15, 0.2) is 0 Å². The van der Waals surface area contributed by atoms with E-state index in [4.69, 9.17) is 0 Å². The lowest BCUT2D eigenvalue weighted by Crippen LogP contribution is -2.24. The maximum atomic E-state index is 11.7. The molecule has 0 aromatic carbocycles. The van der Waals surface area contributed by atoms with Crippen LogP contribution >= 0.6 is 15.9 Å². The van der Waals surface area contributed by atoms with Gasteiger partial charge in [-0.25, -0.2) is 0 Å². The van der Waals surface area contributed by atoms with E-state index in [0.29, 0.717) is 6.92 Å². The Morgan fingerprint density at radius 1 is 1.75 bits per heavy atom. The summed E-state index contributed by atoms with van der Waals surface area (Å²) in [5.74, 6) is -4.26. The van der Waals surface area contributed by atoms with Gasteiger partial charge >= 0.3 is 5.92 Å². The van der Waals surface area contributed by atoms with Crippen molar-refractivity contribution >= 4 is 21.7 Å². The highest BCUT2D eigenvalue weighted by atomic mass is 79.9. The molecule has 0 N–H and O–H groups in total. The molecule has 0 rings (SSSR count). The molecular weight excluding hydrogens is 182 g/mol. The van der Waals surface area contributed by atoms with Crippen LogP contribution < -0.4 is 0 Å². The standard InChI is InChI=1S/C4H5BrF2O/c1-4(6,7)3(8)2-5/h2H2,1H3. The fraction of sp³-hybridized carbons (Fsp3) is 0.750. The summed E-state index contributed by atoms with van der Waals surface area (Å²) in [6.45, 7) is 0.580. The third-order valence-electron chi connectivity index (χ3n) is 0.611. The molecule has 0 saturated heterocycles.